The van der Waals surface area contributed by atoms with Crippen LogP contribution in [0.25, 0.3) is 0 Å². The first-order valence-corrected chi connectivity index (χ1v) is 5.62. The Bertz CT molecular complexity index is 426. The Kier molecular flexibility index (Phi) is 1.70. The molecule has 15 heavy (non-hydrogen) atoms. The Morgan fingerprint density at radius 1 is 1.40 bits per heavy atom. The lowest BCUT2D eigenvalue weighted by Crippen LogP contribution is -2.24. The predicted octanol–water partition coefficient (Wildman–Crippen LogP) is 1.77. The van der Waals surface area contributed by atoms with Crippen molar-refractivity contribution in [2.45, 2.75) is 31.1 Å². The second-order valence-corrected chi connectivity index (χ2v) is 4.83. The summed E-state index contributed by atoms with van der Waals surface area (Å²) < 4.78 is 0. The molecular weight excluding hydrogens is 186 g/mol. The molecule has 2 aliphatic rings. The summed E-state index contributed by atoms with van der Waals surface area (Å²) in [6.07, 6.45) is 4.46. The Labute approximate surface area is 89.5 Å². The van der Waals surface area contributed by atoms with E-state index in [2.05, 4.69) is 24.3 Å². The summed E-state index contributed by atoms with van der Waals surface area (Å²) in [6, 6.07) is 8.52. The van der Waals surface area contributed by atoms with Crippen LogP contribution < -0.4 is 5.73 Å². The second kappa shape index (κ2) is 2.84. The maximum atomic E-state index is 11.3. The standard InChI is InChI=1S/C13H15NO/c14-12(15)11-8-13(11)7-3-5-9-4-1-2-6-10(9)13/h1-2,4,6,11H,3,5,7-8H2,(H2,14,15). The Morgan fingerprint density at radius 2 is 2.20 bits per heavy atom. The van der Waals surface area contributed by atoms with Crippen LogP contribution in [-0.4, -0.2) is 5.91 Å². The number of carbonyl (C=O) groups excluding carboxylic acids is 1. The molecule has 1 fully saturated rings. The van der Waals surface area contributed by atoms with E-state index in [9.17, 15) is 4.79 Å². The highest BCUT2D eigenvalue weighted by Crippen LogP contribution is 2.59. The van der Waals surface area contributed by atoms with Gasteiger partial charge in [0.1, 0.15) is 0 Å². The van der Waals surface area contributed by atoms with Crippen molar-refractivity contribution in [1.82, 2.24) is 0 Å². The number of hydrogen-bond donors (Lipinski definition) is 1. The van der Waals surface area contributed by atoms with Crippen molar-refractivity contribution in [3.8, 4) is 0 Å². The van der Waals surface area contributed by atoms with Crippen LogP contribution in [-0.2, 0) is 16.6 Å². The first-order chi connectivity index (χ1) is 7.24. The van der Waals surface area contributed by atoms with Crippen molar-refractivity contribution < 1.29 is 4.79 Å². The zero-order chi connectivity index (χ0) is 10.5. The van der Waals surface area contributed by atoms with E-state index in [-0.39, 0.29) is 17.2 Å². The maximum absolute atomic E-state index is 11.3. The largest absolute Gasteiger partial charge is 0.369 e. The zero-order valence-corrected chi connectivity index (χ0v) is 8.70. The third kappa shape index (κ3) is 1.14. The highest BCUT2D eigenvalue weighted by Gasteiger charge is 2.59. The molecule has 0 bridgehead atoms. The highest BCUT2D eigenvalue weighted by atomic mass is 16.1. The van der Waals surface area contributed by atoms with Gasteiger partial charge in [0.25, 0.3) is 0 Å². The van der Waals surface area contributed by atoms with Crippen molar-refractivity contribution in [1.29, 1.82) is 0 Å². The minimum Gasteiger partial charge on any atom is -0.369 e. The van der Waals surface area contributed by atoms with E-state index >= 15 is 0 Å². The van der Waals surface area contributed by atoms with E-state index in [0.717, 1.165) is 19.3 Å². The lowest BCUT2D eigenvalue weighted by molar-refractivity contribution is -0.119. The van der Waals surface area contributed by atoms with E-state index in [4.69, 9.17) is 5.73 Å². The van der Waals surface area contributed by atoms with E-state index in [1.165, 1.54) is 17.5 Å². The molecule has 1 aromatic rings. The van der Waals surface area contributed by atoms with Crippen LogP contribution in [0.15, 0.2) is 24.3 Å². The minimum atomic E-state index is -0.119. The van der Waals surface area contributed by atoms with Crippen molar-refractivity contribution in [2.75, 3.05) is 0 Å². The number of rotatable bonds is 1. The van der Waals surface area contributed by atoms with Gasteiger partial charge in [-0.15, -0.1) is 0 Å². The summed E-state index contributed by atoms with van der Waals surface area (Å²) in [6.45, 7) is 0. The molecule has 2 N–H and O–H groups in total. The van der Waals surface area contributed by atoms with Gasteiger partial charge in [0.2, 0.25) is 5.91 Å². The first kappa shape index (κ1) is 8.96. The molecule has 2 atom stereocenters. The fraction of sp³-hybridized carbons (Fsp3) is 0.462. The summed E-state index contributed by atoms with van der Waals surface area (Å²) in [4.78, 5) is 11.3. The third-order valence-electron chi connectivity index (χ3n) is 4.04. The fourth-order valence-electron chi connectivity index (χ4n) is 3.21. The Morgan fingerprint density at radius 3 is 2.93 bits per heavy atom. The van der Waals surface area contributed by atoms with Crippen LogP contribution in [0.5, 0.6) is 0 Å². The first-order valence-electron chi connectivity index (χ1n) is 5.62. The lowest BCUT2D eigenvalue weighted by atomic mass is 9.78. The van der Waals surface area contributed by atoms with Crippen LogP contribution in [0.2, 0.25) is 0 Å². The van der Waals surface area contributed by atoms with Gasteiger partial charge in [0.15, 0.2) is 0 Å². The topological polar surface area (TPSA) is 43.1 Å². The average molecular weight is 201 g/mol. The van der Waals surface area contributed by atoms with Gasteiger partial charge in [0, 0.05) is 11.3 Å². The summed E-state index contributed by atoms with van der Waals surface area (Å²) in [5.41, 5.74) is 8.36. The quantitative estimate of drug-likeness (QED) is 0.739. The van der Waals surface area contributed by atoms with Gasteiger partial charge in [-0.2, -0.15) is 0 Å². The number of hydrogen-bond acceptors (Lipinski definition) is 1. The molecule has 0 radical (unpaired) electrons. The van der Waals surface area contributed by atoms with E-state index in [1.807, 2.05) is 0 Å². The van der Waals surface area contributed by atoms with Gasteiger partial charge in [-0.3, -0.25) is 4.79 Å². The van der Waals surface area contributed by atoms with Gasteiger partial charge in [-0.1, -0.05) is 24.3 Å². The summed E-state index contributed by atoms with van der Waals surface area (Å²) in [5.74, 6) is -0.0225. The smallest absolute Gasteiger partial charge is 0.221 e. The second-order valence-electron chi connectivity index (χ2n) is 4.83. The number of amides is 1. The SMILES string of the molecule is NC(=O)C1CC12CCCc1ccccc12. The molecular formula is C13H15NO. The fourth-order valence-corrected chi connectivity index (χ4v) is 3.21. The molecule has 1 spiro atoms. The molecule has 3 rings (SSSR count). The van der Waals surface area contributed by atoms with Gasteiger partial charge >= 0.3 is 0 Å². The normalized spacial score (nSPS) is 32.4. The highest BCUT2D eigenvalue weighted by molar-refractivity contribution is 5.83. The molecule has 2 aliphatic carbocycles. The van der Waals surface area contributed by atoms with Crippen LogP contribution in [0, 0.1) is 5.92 Å². The molecule has 0 aromatic heterocycles. The van der Waals surface area contributed by atoms with Crippen LogP contribution >= 0.6 is 0 Å². The maximum Gasteiger partial charge on any atom is 0.221 e. The molecule has 0 saturated heterocycles. The molecule has 78 valence electrons. The van der Waals surface area contributed by atoms with E-state index in [1.54, 1.807) is 0 Å². The van der Waals surface area contributed by atoms with Crippen molar-refractivity contribution in [2.24, 2.45) is 11.7 Å². The van der Waals surface area contributed by atoms with E-state index < -0.39 is 0 Å². The van der Waals surface area contributed by atoms with Crippen LogP contribution in [0.4, 0.5) is 0 Å². The van der Waals surface area contributed by atoms with Crippen molar-refractivity contribution in [3.63, 3.8) is 0 Å². The lowest BCUT2D eigenvalue weighted by Gasteiger charge is -2.26. The molecule has 2 unspecified atom stereocenters. The molecule has 2 nitrogen and oxygen atoms in total. The monoisotopic (exact) mass is 201 g/mol. The molecule has 0 aliphatic heterocycles. The van der Waals surface area contributed by atoms with Gasteiger partial charge in [0.05, 0.1) is 0 Å². The third-order valence-corrected chi connectivity index (χ3v) is 4.04. The number of fused-ring (bicyclic) bond motifs is 2. The van der Waals surface area contributed by atoms with Gasteiger partial charge in [-0.25, -0.2) is 0 Å². The van der Waals surface area contributed by atoms with E-state index in [0.29, 0.717) is 0 Å². The zero-order valence-electron chi connectivity index (χ0n) is 8.70. The molecule has 2 heteroatoms. The molecule has 1 aromatic carbocycles. The number of nitrogens with two attached hydrogens (primary N) is 1. The van der Waals surface area contributed by atoms with Crippen LogP contribution in [0.3, 0.4) is 0 Å². The van der Waals surface area contributed by atoms with Gasteiger partial charge < -0.3 is 5.73 Å². The number of carbonyl (C=O) groups is 1. The van der Waals surface area contributed by atoms with Crippen molar-refractivity contribution >= 4 is 5.91 Å². The average Bonchev–Trinajstić information content (AvgIpc) is 2.95. The summed E-state index contributed by atoms with van der Waals surface area (Å²) >= 11 is 0. The van der Waals surface area contributed by atoms with Crippen LogP contribution in [0.1, 0.15) is 30.4 Å². The Balaban J connectivity index is 2.05. The number of primary amides is 1. The Hall–Kier alpha value is -1.31. The molecule has 1 saturated carbocycles. The predicted molar refractivity (Wildman–Crippen MR) is 58.4 cm³/mol. The summed E-state index contributed by atoms with van der Waals surface area (Å²) in [5, 5.41) is 0. The minimum absolute atomic E-state index is 0.0962. The number of aryl methyl sites for hydroxylation is 1. The number of benzene rings is 1. The summed E-state index contributed by atoms with van der Waals surface area (Å²) in [7, 11) is 0. The van der Waals surface area contributed by atoms with Gasteiger partial charge in [-0.05, 0) is 36.8 Å². The molecule has 0 heterocycles. The molecule has 1 amide bonds. The van der Waals surface area contributed by atoms with Crippen molar-refractivity contribution in [3.05, 3.63) is 35.4 Å².